The van der Waals surface area contributed by atoms with Crippen LogP contribution in [0.2, 0.25) is 0 Å². The Kier molecular flexibility index (Phi) is 6.44. The summed E-state index contributed by atoms with van der Waals surface area (Å²) in [5.74, 6) is -1.68. The number of hydrogen-bond acceptors (Lipinski definition) is 4. The van der Waals surface area contributed by atoms with Crippen LogP contribution in [0, 0.1) is 0 Å². The molecule has 1 amide bonds. The van der Waals surface area contributed by atoms with E-state index >= 15 is 0 Å². The Morgan fingerprint density at radius 2 is 1.63 bits per heavy atom. The van der Waals surface area contributed by atoms with Gasteiger partial charge in [-0.3, -0.25) is 4.79 Å². The number of hydrogen-bond donors (Lipinski definition) is 0. The van der Waals surface area contributed by atoms with Gasteiger partial charge in [-0.1, -0.05) is 30.3 Å². The van der Waals surface area contributed by atoms with Crippen molar-refractivity contribution in [3.05, 3.63) is 65.7 Å². The summed E-state index contributed by atoms with van der Waals surface area (Å²) in [4.78, 5) is 25.6. The Morgan fingerprint density at radius 3 is 2.19 bits per heavy atom. The zero-order valence-corrected chi connectivity index (χ0v) is 14.7. The van der Waals surface area contributed by atoms with Crippen molar-refractivity contribution in [2.75, 3.05) is 13.7 Å². The molecule has 0 saturated heterocycles. The third kappa shape index (κ3) is 6.02. The summed E-state index contributed by atoms with van der Waals surface area (Å²) in [6.07, 6.45) is -4.81. The number of nitrogens with zero attached hydrogens (tertiary/aromatic N) is 1. The van der Waals surface area contributed by atoms with Crippen molar-refractivity contribution < 1.29 is 32.2 Å². The minimum Gasteiger partial charge on any atom is -0.452 e. The first-order valence-corrected chi connectivity index (χ1v) is 8.01. The molecular formula is C19H18F3NO4. The van der Waals surface area contributed by atoms with Crippen molar-refractivity contribution >= 4 is 11.9 Å². The first-order chi connectivity index (χ1) is 12.7. The lowest BCUT2D eigenvalue weighted by Crippen LogP contribution is -2.33. The number of esters is 1. The summed E-state index contributed by atoms with van der Waals surface area (Å²) >= 11 is 0. The van der Waals surface area contributed by atoms with Crippen LogP contribution in [0.15, 0.2) is 54.6 Å². The molecule has 8 heteroatoms. The Balaban J connectivity index is 1.90. The Bertz CT molecular complexity index is 776. The fraction of sp³-hybridized carbons (Fsp3) is 0.263. The van der Waals surface area contributed by atoms with Gasteiger partial charge in [-0.15, -0.1) is 13.2 Å². The van der Waals surface area contributed by atoms with E-state index < -0.39 is 30.6 Å². The van der Waals surface area contributed by atoms with Gasteiger partial charge in [0.05, 0.1) is 11.6 Å². The standard InChI is InChI=1S/C19H18F3NO4/c1-13(14-6-4-3-5-7-14)23(2)17(24)12-26-18(25)15-8-10-16(11-9-15)27-19(20,21)22/h3-11,13H,12H2,1-2H3. The van der Waals surface area contributed by atoms with Crippen LogP contribution in [0.1, 0.15) is 28.9 Å². The monoisotopic (exact) mass is 381 g/mol. The zero-order valence-electron chi connectivity index (χ0n) is 14.7. The highest BCUT2D eigenvalue weighted by Crippen LogP contribution is 2.23. The summed E-state index contributed by atoms with van der Waals surface area (Å²) in [5.41, 5.74) is 0.941. The van der Waals surface area contributed by atoms with E-state index in [0.717, 1.165) is 29.8 Å². The van der Waals surface area contributed by atoms with Gasteiger partial charge in [-0.2, -0.15) is 0 Å². The van der Waals surface area contributed by atoms with Crippen LogP contribution in [-0.4, -0.2) is 36.8 Å². The van der Waals surface area contributed by atoms with Crippen molar-refractivity contribution in [1.82, 2.24) is 4.90 Å². The van der Waals surface area contributed by atoms with E-state index in [9.17, 15) is 22.8 Å². The van der Waals surface area contributed by atoms with Crippen molar-refractivity contribution in [3.63, 3.8) is 0 Å². The lowest BCUT2D eigenvalue weighted by molar-refractivity contribution is -0.274. The molecule has 0 fully saturated rings. The highest BCUT2D eigenvalue weighted by molar-refractivity contribution is 5.91. The highest BCUT2D eigenvalue weighted by Gasteiger charge is 2.31. The summed E-state index contributed by atoms with van der Waals surface area (Å²) < 4.78 is 45.0. The molecule has 2 aromatic carbocycles. The van der Waals surface area contributed by atoms with Crippen LogP contribution in [0.4, 0.5) is 13.2 Å². The largest absolute Gasteiger partial charge is 0.573 e. The van der Waals surface area contributed by atoms with Crippen molar-refractivity contribution in [3.8, 4) is 5.75 Å². The third-order valence-electron chi connectivity index (χ3n) is 3.91. The van der Waals surface area contributed by atoms with Crippen LogP contribution in [-0.2, 0) is 9.53 Å². The molecule has 0 aliphatic carbocycles. The first kappa shape index (κ1) is 20.3. The molecule has 0 radical (unpaired) electrons. The molecule has 0 aromatic heterocycles. The van der Waals surface area contributed by atoms with Gasteiger partial charge in [0, 0.05) is 7.05 Å². The van der Waals surface area contributed by atoms with E-state index in [1.54, 1.807) is 7.05 Å². The summed E-state index contributed by atoms with van der Waals surface area (Å²) in [6.45, 7) is 1.36. The van der Waals surface area contributed by atoms with Gasteiger partial charge >= 0.3 is 12.3 Å². The molecule has 5 nitrogen and oxygen atoms in total. The first-order valence-electron chi connectivity index (χ1n) is 8.01. The molecule has 2 rings (SSSR count). The van der Waals surface area contributed by atoms with E-state index in [1.165, 1.54) is 4.90 Å². The van der Waals surface area contributed by atoms with E-state index in [-0.39, 0.29) is 11.6 Å². The van der Waals surface area contributed by atoms with Gasteiger partial charge < -0.3 is 14.4 Å². The van der Waals surface area contributed by atoms with Crippen LogP contribution in [0.5, 0.6) is 5.75 Å². The minimum atomic E-state index is -4.81. The minimum absolute atomic E-state index is 0.0103. The summed E-state index contributed by atoms with van der Waals surface area (Å²) in [5, 5.41) is 0. The molecule has 0 N–H and O–H groups in total. The van der Waals surface area contributed by atoms with Crippen LogP contribution < -0.4 is 4.74 Å². The van der Waals surface area contributed by atoms with Gasteiger partial charge in [0.1, 0.15) is 5.75 Å². The summed E-state index contributed by atoms with van der Waals surface area (Å²) in [7, 11) is 1.59. The molecular weight excluding hydrogens is 363 g/mol. The number of benzene rings is 2. The number of carbonyl (C=O) groups excluding carboxylic acids is 2. The lowest BCUT2D eigenvalue weighted by atomic mass is 10.1. The number of ether oxygens (including phenoxy) is 2. The Morgan fingerprint density at radius 1 is 1.04 bits per heavy atom. The fourth-order valence-corrected chi connectivity index (χ4v) is 2.28. The number of carbonyl (C=O) groups is 2. The smallest absolute Gasteiger partial charge is 0.452 e. The van der Waals surface area contributed by atoms with Crippen molar-refractivity contribution in [2.24, 2.45) is 0 Å². The fourth-order valence-electron chi connectivity index (χ4n) is 2.28. The van der Waals surface area contributed by atoms with Crippen molar-refractivity contribution in [1.29, 1.82) is 0 Å². The molecule has 2 aromatic rings. The van der Waals surface area contributed by atoms with Crippen LogP contribution >= 0.6 is 0 Å². The van der Waals surface area contributed by atoms with Crippen LogP contribution in [0.3, 0.4) is 0 Å². The van der Waals surface area contributed by atoms with Gasteiger partial charge in [-0.25, -0.2) is 4.79 Å². The topological polar surface area (TPSA) is 55.8 Å². The number of amides is 1. The third-order valence-corrected chi connectivity index (χ3v) is 3.91. The lowest BCUT2D eigenvalue weighted by Gasteiger charge is -2.25. The molecule has 0 saturated carbocycles. The number of alkyl halides is 3. The van der Waals surface area contributed by atoms with Gasteiger partial charge in [-0.05, 0) is 36.8 Å². The van der Waals surface area contributed by atoms with Crippen LogP contribution in [0.25, 0.3) is 0 Å². The molecule has 0 aliphatic rings. The second-order valence-electron chi connectivity index (χ2n) is 5.74. The SMILES string of the molecule is CC(c1ccccc1)N(C)C(=O)COC(=O)c1ccc(OC(F)(F)F)cc1. The van der Waals surface area contributed by atoms with Gasteiger partial charge in [0.15, 0.2) is 6.61 Å². The molecule has 0 bridgehead atoms. The molecule has 27 heavy (non-hydrogen) atoms. The van der Waals surface area contributed by atoms with Crippen molar-refractivity contribution in [2.45, 2.75) is 19.3 Å². The van der Waals surface area contributed by atoms with E-state index in [4.69, 9.17) is 4.74 Å². The van der Waals surface area contributed by atoms with Gasteiger partial charge in [0.2, 0.25) is 0 Å². The quantitative estimate of drug-likeness (QED) is 0.711. The van der Waals surface area contributed by atoms with E-state index in [0.29, 0.717) is 0 Å². The normalized spacial score (nSPS) is 12.2. The zero-order chi connectivity index (χ0) is 20.0. The Labute approximate surface area is 154 Å². The number of likely N-dealkylation sites (N-methyl/N-ethyl adjacent to an activating group) is 1. The Hall–Kier alpha value is -3.03. The maximum atomic E-state index is 12.2. The second kappa shape index (κ2) is 8.57. The summed E-state index contributed by atoms with van der Waals surface area (Å²) in [6, 6.07) is 13.4. The van der Waals surface area contributed by atoms with E-state index in [2.05, 4.69) is 4.74 Å². The number of rotatable bonds is 6. The molecule has 0 heterocycles. The average Bonchev–Trinajstić information content (AvgIpc) is 2.64. The predicted octanol–water partition coefficient (Wildman–Crippen LogP) is 3.96. The molecule has 0 aliphatic heterocycles. The maximum absolute atomic E-state index is 12.2. The van der Waals surface area contributed by atoms with Gasteiger partial charge in [0.25, 0.3) is 5.91 Å². The average molecular weight is 381 g/mol. The molecule has 144 valence electrons. The maximum Gasteiger partial charge on any atom is 0.573 e. The molecule has 1 unspecified atom stereocenters. The molecule has 0 spiro atoms. The second-order valence-corrected chi connectivity index (χ2v) is 5.74. The molecule has 1 atom stereocenters. The van der Waals surface area contributed by atoms with E-state index in [1.807, 2.05) is 37.3 Å². The number of halogens is 3. The highest BCUT2D eigenvalue weighted by atomic mass is 19.4. The predicted molar refractivity (Wildman–Crippen MR) is 91.0 cm³/mol.